The Bertz CT molecular complexity index is 664. The van der Waals surface area contributed by atoms with Crippen molar-refractivity contribution in [2.24, 2.45) is 5.73 Å². The number of primary amides is 1. The van der Waals surface area contributed by atoms with Crippen molar-refractivity contribution in [2.75, 3.05) is 5.32 Å². The van der Waals surface area contributed by atoms with E-state index in [1.165, 1.54) is 0 Å². The molecule has 0 fully saturated rings. The number of nitrogens with two attached hydrogens (primary N) is 1. The summed E-state index contributed by atoms with van der Waals surface area (Å²) in [5, 5.41) is 5.63. The van der Waals surface area contributed by atoms with Crippen LogP contribution in [-0.2, 0) is 4.79 Å². The fourth-order valence-corrected chi connectivity index (χ4v) is 2.25. The molecular formula is C15H15ClN4O2. The molecule has 4 N–H and O–H groups in total. The standard InChI is InChI=1S/C15H15ClN4O2/c16-11-6-2-1-5-10(11)12(19-15(17)22)9-14(21)20-13-7-3-4-8-18-13/h1-8,12H,9H2,(H3,17,19,22)(H,18,20,21)/t12-/m1/s1. The highest BCUT2D eigenvalue weighted by molar-refractivity contribution is 6.31. The Morgan fingerprint density at radius 3 is 2.55 bits per heavy atom. The molecule has 0 saturated heterocycles. The number of carbonyl (C=O) groups is 2. The van der Waals surface area contributed by atoms with Gasteiger partial charge in [-0.05, 0) is 23.8 Å². The van der Waals surface area contributed by atoms with Gasteiger partial charge in [-0.15, -0.1) is 0 Å². The molecule has 114 valence electrons. The number of pyridine rings is 1. The number of anilines is 1. The van der Waals surface area contributed by atoms with Crippen molar-refractivity contribution < 1.29 is 9.59 Å². The summed E-state index contributed by atoms with van der Waals surface area (Å²) in [5.74, 6) is 0.127. The highest BCUT2D eigenvalue weighted by Crippen LogP contribution is 2.25. The Hall–Kier alpha value is -2.60. The van der Waals surface area contributed by atoms with Crippen molar-refractivity contribution in [3.8, 4) is 0 Å². The first kappa shape index (κ1) is 15.8. The lowest BCUT2D eigenvalue weighted by Gasteiger charge is -2.18. The van der Waals surface area contributed by atoms with Crippen LogP contribution in [0, 0.1) is 0 Å². The van der Waals surface area contributed by atoms with Crippen LogP contribution in [0.1, 0.15) is 18.0 Å². The lowest BCUT2D eigenvalue weighted by Crippen LogP contribution is -2.35. The van der Waals surface area contributed by atoms with Crippen LogP contribution in [0.2, 0.25) is 5.02 Å². The summed E-state index contributed by atoms with van der Waals surface area (Å²) >= 11 is 6.11. The second-order valence-electron chi connectivity index (χ2n) is 4.55. The number of nitrogens with zero attached hydrogens (tertiary/aromatic N) is 1. The summed E-state index contributed by atoms with van der Waals surface area (Å²) < 4.78 is 0. The fourth-order valence-electron chi connectivity index (χ4n) is 1.98. The molecule has 22 heavy (non-hydrogen) atoms. The maximum Gasteiger partial charge on any atom is 0.312 e. The minimum atomic E-state index is -0.726. The molecule has 0 aliphatic carbocycles. The van der Waals surface area contributed by atoms with E-state index in [1.807, 2.05) is 0 Å². The van der Waals surface area contributed by atoms with Gasteiger partial charge < -0.3 is 16.4 Å². The number of urea groups is 1. The van der Waals surface area contributed by atoms with Crippen molar-refractivity contribution in [2.45, 2.75) is 12.5 Å². The number of nitrogens with one attached hydrogen (secondary N) is 2. The van der Waals surface area contributed by atoms with Gasteiger partial charge in [0, 0.05) is 11.2 Å². The van der Waals surface area contributed by atoms with Gasteiger partial charge in [0.25, 0.3) is 0 Å². The first-order valence-corrected chi connectivity index (χ1v) is 6.95. The number of amides is 3. The summed E-state index contributed by atoms with van der Waals surface area (Å²) in [7, 11) is 0. The zero-order valence-electron chi connectivity index (χ0n) is 11.6. The van der Waals surface area contributed by atoms with Crippen LogP contribution in [0.3, 0.4) is 0 Å². The molecule has 1 heterocycles. The lowest BCUT2D eigenvalue weighted by atomic mass is 10.0. The Labute approximate surface area is 132 Å². The number of hydrogen-bond donors (Lipinski definition) is 3. The van der Waals surface area contributed by atoms with Crippen molar-refractivity contribution in [3.63, 3.8) is 0 Å². The van der Waals surface area contributed by atoms with E-state index >= 15 is 0 Å². The van der Waals surface area contributed by atoms with Crippen LogP contribution >= 0.6 is 11.6 Å². The molecule has 1 atom stereocenters. The average molecular weight is 319 g/mol. The lowest BCUT2D eigenvalue weighted by molar-refractivity contribution is -0.116. The summed E-state index contributed by atoms with van der Waals surface area (Å²) in [6.07, 6.45) is 1.56. The SMILES string of the molecule is NC(=O)N[C@H](CC(=O)Nc1ccccn1)c1ccccc1Cl. The molecule has 2 aromatic rings. The summed E-state index contributed by atoms with van der Waals surface area (Å²) in [5.41, 5.74) is 5.80. The van der Waals surface area contributed by atoms with E-state index in [4.69, 9.17) is 17.3 Å². The minimum absolute atomic E-state index is 0.0107. The van der Waals surface area contributed by atoms with Crippen LogP contribution in [0.15, 0.2) is 48.7 Å². The maximum atomic E-state index is 12.1. The number of halogens is 1. The van der Waals surface area contributed by atoms with Gasteiger partial charge in [-0.2, -0.15) is 0 Å². The van der Waals surface area contributed by atoms with Crippen molar-refractivity contribution in [1.82, 2.24) is 10.3 Å². The van der Waals surface area contributed by atoms with E-state index in [0.29, 0.717) is 16.4 Å². The van der Waals surface area contributed by atoms with E-state index in [-0.39, 0.29) is 12.3 Å². The topological polar surface area (TPSA) is 97.1 Å². The predicted molar refractivity (Wildman–Crippen MR) is 84.4 cm³/mol. The quantitative estimate of drug-likeness (QED) is 0.790. The molecule has 7 heteroatoms. The number of carbonyl (C=O) groups excluding carboxylic acids is 2. The monoisotopic (exact) mass is 318 g/mol. The zero-order valence-corrected chi connectivity index (χ0v) is 12.4. The van der Waals surface area contributed by atoms with E-state index < -0.39 is 12.1 Å². The molecule has 6 nitrogen and oxygen atoms in total. The molecule has 3 amide bonds. The first-order valence-electron chi connectivity index (χ1n) is 6.57. The molecule has 0 saturated carbocycles. The normalized spacial score (nSPS) is 11.5. The molecule has 0 aliphatic heterocycles. The highest BCUT2D eigenvalue weighted by atomic mass is 35.5. The molecule has 0 spiro atoms. The van der Waals surface area contributed by atoms with Crippen molar-refractivity contribution in [1.29, 1.82) is 0 Å². The van der Waals surface area contributed by atoms with Crippen LogP contribution in [0.4, 0.5) is 10.6 Å². The summed E-state index contributed by atoms with van der Waals surface area (Å²) in [6, 6.07) is 10.8. The maximum absolute atomic E-state index is 12.1. The Morgan fingerprint density at radius 2 is 1.91 bits per heavy atom. The molecule has 0 unspecified atom stereocenters. The van der Waals surface area contributed by atoms with Gasteiger partial charge in [-0.25, -0.2) is 9.78 Å². The molecule has 2 rings (SSSR count). The fraction of sp³-hybridized carbons (Fsp3) is 0.133. The van der Waals surface area contributed by atoms with Gasteiger partial charge in [0.2, 0.25) is 5.91 Å². The van der Waals surface area contributed by atoms with Crippen LogP contribution in [-0.4, -0.2) is 16.9 Å². The van der Waals surface area contributed by atoms with Gasteiger partial charge in [0.1, 0.15) is 5.82 Å². The van der Waals surface area contributed by atoms with E-state index in [0.717, 1.165) is 0 Å². The largest absolute Gasteiger partial charge is 0.352 e. The Morgan fingerprint density at radius 1 is 1.18 bits per heavy atom. The van der Waals surface area contributed by atoms with Gasteiger partial charge in [-0.1, -0.05) is 35.9 Å². The third kappa shape index (κ3) is 4.46. The third-order valence-corrected chi connectivity index (χ3v) is 3.26. The zero-order chi connectivity index (χ0) is 15.9. The van der Waals surface area contributed by atoms with E-state index in [1.54, 1.807) is 48.7 Å². The minimum Gasteiger partial charge on any atom is -0.352 e. The Kier molecular flexibility index (Phi) is 5.32. The van der Waals surface area contributed by atoms with Crippen LogP contribution in [0.25, 0.3) is 0 Å². The van der Waals surface area contributed by atoms with Gasteiger partial charge in [0.05, 0.1) is 12.5 Å². The van der Waals surface area contributed by atoms with Crippen LogP contribution in [0.5, 0.6) is 0 Å². The van der Waals surface area contributed by atoms with Gasteiger partial charge in [0.15, 0.2) is 0 Å². The molecule has 1 aromatic carbocycles. The van der Waals surface area contributed by atoms with Gasteiger partial charge in [-0.3, -0.25) is 4.79 Å². The molecule has 0 bridgehead atoms. The summed E-state index contributed by atoms with van der Waals surface area (Å²) in [4.78, 5) is 27.3. The average Bonchev–Trinajstić information content (AvgIpc) is 2.47. The van der Waals surface area contributed by atoms with Gasteiger partial charge >= 0.3 is 6.03 Å². The smallest absolute Gasteiger partial charge is 0.312 e. The van der Waals surface area contributed by atoms with E-state index in [2.05, 4.69) is 15.6 Å². The molecular weight excluding hydrogens is 304 g/mol. The predicted octanol–water partition coefficient (Wildman–Crippen LogP) is 2.47. The number of rotatable bonds is 5. The van der Waals surface area contributed by atoms with Crippen LogP contribution < -0.4 is 16.4 Å². The van der Waals surface area contributed by atoms with Crippen molar-refractivity contribution in [3.05, 3.63) is 59.2 Å². The number of aromatic nitrogens is 1. The second kappa shape index (κ2) is 7.42. The second-order valence-corrected chi connectivity index (χ2v) is 4.96. The van der Waals surface area contributed by atoms with E-state index in [9.17, 15) is 9.59 Å². The highest BCUT2D eigenvalue weighted by Gasteiger charge is 2.19. The first-order chi connectivity index (χ1) is 10.6. The third-order valence-electron chi connectivity index (χ3n) is 2.92. The molecule has 0 aliphatic rings. The Balaban J connectivity index is 2.11. The van der Waals surface area contributed by atoms with Crippen molar-refractivity contribution >= 4 is 29.4 Å². The summed E-state index contributed by atoms with van der Waals surface area (Å²) in [6.45, 7) is 0. The number of hydrogen-bond acceptors (Lipinski definition) is 3. The number of benzene rings is 1. The molecule has 1 aromatic heterocycles. The molecule has 0 radical (unpaired) electrons.